The van der Waals surface area contributed by atoms with Crippen molar-refractivity contribution in [2.45, 2.75) is 0 Å². The third kappa shape index (κ3) is 4.43. The van der Waals surface area contributed by atoms with Gasteiger partial charge in [0.1, 0.15) is 29.6 Å². The predicted molar refractivity (Wildman–Crippen MR) is 74.2 cm³/mol. The molecule has 108 valence electrons. The van der Waals surface area contributed by atoms with Crippen molar-refractivity contribution in [2.75, 3.05) is 32.2 Å². The Morgan fingerprint density at radius 1 is 1.20 bits per heavy atom. The molecule has 8 nitrogen and oxygen atoms in total. The van der Waals surface area contributed by atoms with Crippen LogP contribution in [-0.2, 0) is 19.1 Å². The van der Waals surface area contributed by atoms with E-state index in [4.69, 9.17) is 18.0 Å². The molecule has 9 heteroatoms. The summed E-state index contributed by atoms with van der Waals surface area (Å²) >= 11 is 4.76. The van der Waals surface area contributed by atoms with Gasteiger partial charge in [-0.3, -0.25) is 9.59 Å². The summed E-state index contributed by atoms with van der Waals surface area (Å²) in [6.45, 7) is -0.320. The number of esters is 2. The molecule has 2 N–H and O–H groups in total. The molecule has 0 saturated carbocycles. The van der Waals surface area contributed by atoms with Crippen LogP contribution in [0, 0.1) is 0 Å². The largest absolute Gasteiger partial charge is 0.468 e. The average molecular weight is 298 g/mol. The summed E-state index contributed by atoms with van der Waals surface area (Å²) in [5.74, 6) is -0.732. The molecular formula is C11H14N4O4S. The maximum atomic E-state index is 11.3. The summed E-state index contributed by atoms with van der Waals surface area (Å²) in [4.78, 5) is 32.2. The Labute approximate surface area is 120 Å². The monoisotopic (exact) mass is 298 g/mol. The zero-order chi connectivity index (χ0) is 15.1. The molecule has 0 atom stereocenters. The molecule has 0 fully saturated rings. The zero-order valence-corrected chi connectivity index (χ0v) is 11.8. The highest BCUT2D eigenvalue weighted by Gasteiger charge is 2.17. The van der Waals surface area contributed by atoms with Crippen LogP contribution in [0.3, 0.4) is 0 Å². The van der Waals surface area contributed by atoms with Crippen molar-refractivity contribution < 1.29 is 19.1 Å². The number of carbonyl (C=O) groups is 2. The van der Waals surface area contributed by atoms with E-state index in [0.29, 0.717) is 11.5 Å². The molecule has 0 aliphatic carbocycles. The standard InChI is InChI=1S/C11H14N4O4S/c1-18-9(16)5-15(6-10(17)19-2)8-4-13-7(3-14-8)11(12)20/h3-4H,5-6H2,1-2H3,(H2,12,20). The predicted octanol–water partition coefficient (Wildman–Crippen LogP) is -0.737. The fourth-order valence-electron chi connectivity index (χ4n) is 1.27. The van der Waals surface area contributed by atoms with Crippen LogP contribution < -0.4 is 10.6 Å². The van der Waals surface area contributed by atoms with Gasteiger partial charge in [0.25, 0.3) is 0 Å². The molecular weight excluding hydrogens is 284 g/mol. The molecule has 0 spiro atoms. The number of carbonyl (C=O) groups excluding carboxylic acids is 2. The van der Waals surface area contributed by atoms with E-state index in [2.05, 4.69) is 19.4 Å². The topological polar surface area (TPSA) is 108 Å². The van der Waals surface area contributed by atoms with Crippen molar-refractivity contribution in [3.63, 3.8) is 0 Å². The minimum absolute atomic E-state index is 0.108. The molecule has 0 aliphatic rings. The van der Waals surface area contributed by atoms with Crippen LogP contribution in [0.5, 0.6) is 0 Å². The molecule has 20 heavy (non-hydrogen) atoms. The Morgan fingerprint density at radius 2 is 1.75 bits per heavy atom. The van der Waals surface area contributed by atoms with Crippen molar-refractivity contribution in [3.05, 3.63) is 18.1 Å². The second-order valence-electron chi connectivity index (χ2n) is 3.63. The number of ether oxygens (including phenoxy) is 2. The Kier molecular flexibility index (Phi) is 5.78. The SMILES string of the molecule is COC(=O)CN(CC(=O)OC)c1cnc(C(N)=S)cn1. The first kappa shape index (κ1) is 15.8. The molecule has 0 saturated heterocycles. The number of thiocarbonyl (C=S) groups is 1. The molecule has 0 unspecified atom stereocenters. The van der Waals surface area contributed by atoms with Gasteiger partial charge >= 0.3 is 11.9 Å². The lowest BCUT2D eigenvalue weighted by molar-refractivity contribution is -0.140. The fourth-order valence-corrected chi connectivity index (χ4v) is 1.38. The van der Waals surface area contributed by atoms with Gasteiger partial charge in [0.15, 0.2) is 0 Å². The number of aromatic nitrogens is 2. The molecule has 0 amide bonds. The lowest BCUT2D eigenvalue weighted by Gasteiger charge is -2.20. The van der Waals surface area contributed by atoms with Gasteiger partial charge in [0, 0.05) is 0 Å². The van der Waals surface area contributed by atoms with Crippen LogP contribution in [-0.4, -0.2) is 54.2 Å². The van der Waals surface area contributed by atoms with Crippen LogP contribution >= 0.6 is 12.2 Å². The minimum atomic E-state index is -0.519. The number of methoxy groups -OCH3 is 2. The van der Waals surface area contributed by atoms with Gasteiger partial charge in [-0.1, -0.05) is 12.2 Å². The van der Waals surface area contributed by atoms with E-state index in [9.17, 15) is 9.59 Å². The number of hydrogen-bond donors (Lipinski definition) is 1. The average Bonchev–Trinajstić information content (AvgIpc) is 2.46. The minimum Gasteiger partial charge on any atom is -0.468 e. The van der Waals surface area contributed by atoms with Gasteiger partial charge in [-0.2, -0.15) is 0 Å². The molecule has 1 heterocycles. The number of nitrogens with zero attached hydrogens (tertiary/aromatic N) is 3. The maximum absolute atomic E-state index is 11.3. The highest BCUT2D eigenvalue weighted by molar-refractivity contribution is 7.80. The van der Waals surface area contributed by atoms with E-state index >= 15 is 0 Å². The van der Waals surface area contributed by atoms with Crippen molar-refractivity contribution in [1.29, 1.82) is 0 Å². The van der Waals surface area contributed by atoms with E-state index < -0.39 is 11.9 Å². The van der Waals surface area contributed by atoms with Gasteiger partial charge in [-0.05, 0) is 0 Å². The quantitative estimate of drug-likeness (QED) is 0.536. The van der Waals surface area contributed by atoms with Crippen molar-refractivity contribution in [3.8, 4) is 0 Å². The van der Waals surface area contributed by atoms with Crippen LogP contribution in [0.25, 0.3) is 0 Å². The summed E-state index contributed by atoms with van der Waals surface area (Å²) in [6, 6.07) is 0. The lowest BCUT2D eigenvalue weighted by atomic mass is 10.4. The Morgan fingerprint density at radius 3 is 2.10 bits per heavy atom. The van der Waals surface area contributed by atoms with Crippen LogP contribution in [0.4, 0.5) is 5.82 Å². The van der Waals surface area contributed by atoms with Gasteiger partial charge < -0.3 is 20.1 Å². The van der Waals surface area contributed by atoms with Gasteiger partial charge in [-0.15, -0.1) is 0 Å². The van der Waals surface area contributed by atoms with Crippen molar-refractivity contribution in [2.24, 2.45) is 5.73 Å². The second kappa shape index (κ2) is 7.34. The number of nitrogens with two attached hydrogens (primary N) is 1. The molecule has 0 radical (unpaired) electrons. The normalized spacial score (nSPS) is 9.70. The summed E-state index contributed by atoms with van der Waals surface area (Å²) in [7, 11) is 2.50. The Balaban J connectivity index is 2.93. The number of anilines is 1. The highest BCUT2D eigenvalue weighted by Crippen LogP contribution is 2.09. The van der Waals surface area contributed by atoms with E-state index in [1.165, 1.54) is 31.5 Å². The number of hydrogen-bond acceptors (Lipinski definition) is 8. The van der Waals surface area contributed by atoms with E-state index in [1.54, 1.807) is 0 Å². The molecule has 0 aliphatic heterocycles. The molecule has 0 bridgehead atoms. The number of rotatable bonds is 6. The molecule has 0 aromatic carbocycles. The second-order valence-corrected chi connectivity index (χ2v) is 4.07. The van der Waals surface area contributed by atoms with Crippen LogP contribution in [0.15, 0.2) is 12.4 Å². The zero-order valence-electron chi connectivity index (χ0n) is 11.0. The van der Waals surface area contributed by atoms with Crippen LogP contribution in [0.1, 0.15) is 5.69 Å². The Hall–Kier alpha value is -2.29. The van der Waals surface area contributed by atoms with Crippen molar-refractivity contribution in [1.82, 2.24) is 9.97 Å². The molecule has 1 rings (SSSR count). The third-order valence-electron chi connectivity index (χ3n) is 2.31. The van der Waals surface area contributed by atoms with Gasteiger partial charge in [0.05, 0.1) is 26.6 Å². The molecule has 1 aromatic heterocycles. The van der Waals surface area contributed by atoms with Crippen molar-refractivity contribution >= 4 is 35.0 Å². The van der Waals surface area contributed by atoms with Crippen LogP contribution in [0.2, 0.25) is 0 Å². The lowest BCUT2D eigenvalue weighted by Crippen LogP contribution is -2.36. The van der Waals surface area contributed by atoms with E-state index in [-0.39, 0.29) is 18.1 Å². The maximum Gasteiger partial charge on any atom is 0.325 e. The fraction of sp³-hybridized carbons (Fsp3) is 0.364. The first-order valence-corrected chi connectivity index (χ1v) is 5.89. The smallest absolute Gasteiger partial charge is 0.325 e. The third-order valence-corrected chi connectivity index (χ3v) is 2.52. The molecule has 1 aromatic rings. The first-order valence-electron chi connectivity index (χ1n) is 5.48. The van der Waals surface area contributed by atoms with Gasteiger partial charge in [0.2, 0.25) is 0 Å². The summed E-state index contributed by atoms with van der Waals surface area (Å²) < 4.78 is 9.12. The highest BCUT2D eigenvalue weighted by atomic mass is 32.1. The summed E-state index contributed by atoms with van der Waals surface area (Å²) in [6.07, 6.45) is 2.72. The summed E-state index contributed by atoms with van der Waals surface area (Å²) in [5, 5.41) is 0. The van der Waals surface area contributed by atoms with Gasteiger partial charge in [-0.25, -0.2) is 9.97 Å². The van der Waals surface area contributed by atoms with E-state index in [0.717, 1.165) is 0 Å². The first-order chi connectivity index (χ1) is 9.47. The summed E-state index contributed by atoms with van der Waals surface area (Å²) in [5.41, 5.74) is 5.76. The van der Waals surface area contributed by atoms with E-state index in [1.807, 2.05) is 0 Å². The Bertz CT molecular complexity index is 488.